The molecule has 0 saturated carbocycles. The second-order valence-electron chi connectivity index (χ2n) is 10.5. The third kappa shape index (κ3) is 4.84. The van der Waals surface area contributed by atoms with Gasteiger partial charge in [0.2, 0.25) is 0 Å². The first-order valence-corrected chi connectivity index (χ1v) is 14.4. The van der Waals surface area contributed by atoms with Gasteiger partial charge in [-0.05, 0) is 42.0 Å². The molecule has 0 N–H and O–H groups in total. The number of hydrogen-bond acceptors (Lipinski definition) is 6. The topological polar surface area (TPSA) is 77.3 Å². The summed E-state index contributed by atoms with van der Waals surface area (Å²) >= 11 is 0. The third-order valence-electron chi connectivity index (χ3n) is 7.61. The monoisotopic (exact) mass is 564 g/mol. The molecule has 4 aromatic carbocycles. The van der Waals surface area contributed by atoms with Crippen molar-refractivity contribution in [3.8, 4) is 56.5 Å². The van der Waals surface area contributed by atoms with Gasteiger partial charge in [-0.15, -0.1) is 0 Å². The predicted octanol–water partition coefficient (Wildman–Crippen LogP) is 8.70. The van der Waals surface area contributed by atoms with Gasteiger partial charge in [0.15, 0.2) is 17.5 Å². The van der Waals surface area contributed by atoms with Gasteiger partial charge in [-0.2, -0.15) is 0 Å². The van der Waals surface area contributed by atoms with Crippen molar-refractivity contribution >= 4 is 21.8 Å². The Morgan fingerprint density at radius 2 is 0.932 bits per heavy atom. The summed E-state index contributed by atoms with van der Waals surface area (Å²) in [5.74, 6) is 1.81. The first kappa shape index (κ1) is 25.6. The van der Waals surface area contributed by atoms with Crippen molar-refractivity contribution in [2.24, 2.45) is 0 Å². The van der Waals surface area contributed by atoms with Crippen LogP contribution in [0.15, 0.2) is 146 Å². The van der Waals surface area contributed by atoms with E-state index in [0.717, 1.165) is 60.9 Å². The molecule has 6 heteroatoms. The van der Waals surface area contributed by atoms with E-state index in [4.69, 9.17) is 19.9 Å². The van der Waals surface area contributed by atoms with E-state index in [9.17, 15) is 0 Å². The second kappa shape index (κ2) is 10.9. The van der Waals surface area contributed by atoms with Gasteiger partial charge in [-0.25, -0.2) is 19.9 Å². The van der Waals surface area contributed by atoms with Crippen molar-refractivity contribution in [2.45, 2.75) is 0 Å². The highest BCUT2D eigenvalue weighted by Crippen LogP contribution is 2.34. The van der Waals surface area contributed by atoms with Crippen LogP contribution in [0.25, 0.3) is 78.4 Å². The van der Waals surface area contributed by atoms with E-state index in [0.29, 0.717) is 17.5 Å². The van der Waals surface area contributed by atoms with Crippen LogP contribution in [0.4, 0.5) is 0 Å². The molecule has 0 aliphatic carbocycles. The molecule has 0 aliphatic rings. The van der Waals surface area contributed by atoms with Crippen molar-refractivity contribution in [2.75, 3.05) is 0 Å². The molecule has 206 valence electrons. The predicted molar refractivity (Wildman–Crippen MR) is 175 cm³/mol. The zero-order valence-electron chi connectivity index (χ0n) is 23.5. The standard InChI is InChI=1S/C38H24N6/c1-3-9-27(10-4-1)36-42-37(28-11-5-2-6-12-28)44-38(43-36)32-22-30(29-14-7-19-39-24-29)21-31(23-32)33-18-17-26-16-15-25-13-8-20-40-34(25)35(26)41-33/h1-24H. The van der Waals surface area contributed by atoms with Crippen LogP contribution in [0, 0.1) is 0 Å². The third-order valence-corrected chi connectivity index (χ3v) is 7.61. The fraction of sp³-hybridized carbons (Fsp3) is 0. The van der Waals surface area contributed by atoms with Crippen LogP contribution in [0.2, 0.25) is 0 Å². The first-order valence-electron chi connectivity index (χ1n) is 14.4. The molecule has 0 atom stereocenters. The zero-order chi connectivity index (χ0) is 29.3. The summed E-state index contributed by atoms with van der Waals surface area (Å²) in [5, 5.41) is 2.10. The summed E-state index contributed by atoms with van der Waals surface area (Å²) in [4.78, 5) is 29.0. The van der Waals surface area contributed by atoms with E-state index in [1.165, 1.54) is 0 Å². The highest BCUT2D eigenvalue weighted by atomic mass is 15.0. The normalized spacial score (nSPS) is 11.2. The summed E-state index contributed by atoms with van der Waals surface area (Å²) in [6.07, 6.45) is 5.46. The number of pyridine rings is 3. The summed E-state index contributed by atoms with van der Waals surface area (Å²) in [6.45, 7) is 0. The highest BCUT2D eigenvalue weighted by molar-refractivity contribution is 6.03. The maximum atomic E-state index is 5.14. The van der Waals surface area contributed by atoms with Gasteiger partial charge in [0.25, 0.3) is 0 Å². The summed E-state index contributed by atoms with van der Waals surface area (Å²) in [5.41, 5.74) is 8.22. The zero-order valence-corrected chi connectivity index (χ0v) is 23.5. The minimum Gasteiger partial charge on any atom is -0.264 e. The van der Waals surface area contributed by atoms with Crippen LogP contribution in [0.3, 0.4) is 0 Å². The Balaban J connectivity index is 1.36. The van der Waals surface area contributed by atoms with Crippen molar-refractivity contribution in [3.63, 3.8) is 0 Å². The van der Waals surface area contributed by atoms with Crippen LogP contribution < -0.4 is 0 Å². The number of benzene rings is 4. The van der Waals surface area contributed by atoms with Crippen molar-refractivity contribution in [1.29, 1.82) is 0 Å². The Kier molecular flexibility index (Phi) is 6.35. The molecule has 0 fully saturated rings. The summed E-state index contributed by atoms with van der Waals surface area (Å²) < 4.78 is 0. The van der Waals surface area contributed by atoms with Crippen LogP contribution in [0.1, 0.15) is 0 Å². The van der Waals surface area contributed by atoms with Crippen molar-refractivity contribution < 1.29 is 0 Å². The average molecular weight is 565 g/mol. The maximum absolute atomic E-state index is 5.14. The van der Waals surface area contributed by atoms with Crippen LogP contribution in [0.5, 0.6) is 0 Å². The molecule has 8 rings (SSSR count). The molecule has 4 heterocycles. The molecule has 44 heavy (non-hydrogen) atoms. The van der Waals surface area contributed by atoms with Crippen molar-refractivity contribution in [1.82, 2.24) is 29.9 Å². The SMILES string of the molecule is c1ccc(-c2nc(-c3ccccc3)nc(-c3cc(-c4cccnc4)cc(-c4ccc5ccc6cccnc6c5n4)c3)n2)cc1. The fourth-order valence-electron chi connectivity index (χ4n) is 5.43. The Hall–Kier alpha value is -6.14. The molecule has 4 aromatic heterocycles. The van der Waals surface area contributed by atoms with E-state index in [2.05, 4.69) is 64.6 Å². The van der Waals surface area contributed by atoms with E-state index < -0.39 is 0 Å². The summed E-state index contributed by atoms with van der Waals surface area (Å²) in [7, 11) is 0. The molecule has 0 aliphatic heterocycles. The number of fused-ring (bicyclic) bond motifs is 3. The molecular formula is C38H24N6. The van der Waals surface area contributed by atoms with Crippen LogP contribution in [-0.4, -0.2) is 29.9 Å². The van der Waals surface area contributed by atoms with Gasteiger partial charge in [-0.1, -0.05) is 91.0 Å². The van der Waals surface area contributed by atoms with E-state index in [-0.39, 0.29) is 0 Å². The number of hydrogen-bond donors (Lipinski definition) is 0. The van der Waals surface area contributed by atoms with E-state index in [1.54, 1.807) is 6.20 Å². The lowest BCUT2D eigenvalue weighted by molar-refractivity contribution is 1.07. The molecular weight excluding hydrogens is 540 g/mol. The highest BCUT2D eigenvalue weighted by Gasteiger charge is 2.16. The minimum atomic E-state index is 0.581. The molecule has 0 radical (unpaired) electrons. The Morgan fingerprint density at radius 3 is 1.61 bits per heavy atom. The Labute approximate surface area is 253 Å². The minimum absolute atomic E-state index is 0.581. The lowest BCUT2D eigenvalue weighted by atomic mass is 9.98. The number of rotatable bonds is 5. The molecule has 0 spiro atoms. The molecule has 0 saturated heterocycles. The van der Waals surface area contributed by atoms with E-state index in [1.807, 2.05) is 85.2 Å². The van der Waals surface area contributed by atoms with Gasteiger partial charge < -0.3 is 0 Å². The fourth-order valence-corrected chi connectivity index (χ4v) is 5.43. The van der Waals surface area contributed by atoms with Gasteiger partial charge in [0.1, 0.15) is 0 Å². The molecule has 0 bridgehead atoms. The Bertz CT molecular complexity index is 2210. The summed E-state index contributed by atoms with van der Waals surface area (Å²) in [6, 6.07) is 42.7. The lowest BCUT2D eigenvalue weighted by Gasteiger charge is -2.12. The van der Waals surface area contributed by atoms with Crippen LogP contribution >= 0.6 is 0 Å². The van der Waals surface area contributed by atoms with Crippen LogP contribution in [-0.2, 0) is 0 Å². The Morgan fingerprint density at radius 1 is 0.364 bits per heavy atom. The largest absolute Gasteiger partial charge is 0.264 e. The lowest BCUT2D eigenvalue weighted by Crippen LogP contribution is -2.00. The van der Waals surface area contributed by atoms with Gasteiger partial charge in [-0.3, -0.25) is 9.97 Å². The molecule has 0 amide bonds. The average Bonchev–Trinajstić information content (AvgIpc) is 3.12. The number of nitrogens with zero attached hydrogens (tertiary/aromatic N) is 6. The van der Waals surface area contributed by atoms with Crippen molar-refractivity contribution in [3.05, 3.63) is 146 Å². The molecule has 0 unspecified atom stereocenters. The van der Waals surface area contributed by atoms with Gasteiger partial charge in [0, 0.05) is 57.2 Å². The van der Waals surface area contributed by atoms with Gasteiger partial charge in [0.05, 0.1) is 16.7 Å². The second-order valence-corrected chi connectivity index (χ2v) is 10.5. The van der Waals surface area contributed by atoms with E-state index >= 15 is 0 Å². The molecule has 8 aromatic rings. The maximum Gasteiger partial charge on any atom is 0.164 e. The molecule has 6 nitrogen and oxygen atoms in total. The smallest absolute Gasteiger partial charge is 0.164 e. The van der Waals surface area contributed by atoms with Gasteiger partial charge >= 0.3 is 0 Å². The number of aromatic nitrogens is 6. The first-order chi connectivity index (χ1) is 21.8. The quantitative estimate of drug-likeness (QED) is 0.195.